The van der Waals surface area contributed by atoms with Crippen LogP contribution in [0, 0.1) is 12.7 Å². The van der Waals surface area contributed by atoms with Crippen LogP contribution in [-0.4, -0.2) is 35.3 Å². The molecular formula is C40H59FO5Si2. The van der Waals surface area contributed by atoms with E-state index in [1.165, 1.54) is 63.9 Å². The predicted octanol–water partition coefficient (Wildman–Crippen LogP) is 12.1. The number of carbonyl (C=O) groups is 1. The van der Waals surface area contributed by atoms with Crippen molar-refractivity contribution in [1.29, 1.82) is 0 Å². The lowest BCUT2D eigenvalue weighted by Crippen LogP contribution is -2.44. The van der Waals surface area contributed by atoms with Gasteiger partial charge in [-0.2, -0.15) is 0 Å². The van der Waals surface area contributed by atoms with Crippen LogP contribution in [0.2, 0.25) is 38.8 Å². The molecule has 0 aliphatic rings. The molecule has 0 aliphatic heterocycles. The number of aryl methyl sites for hydroxylation is 1. The average Bonchev–Trinajstić information content (AvgIpc) is 3.00. The lowest BCUT2D eigenvalue weighted by molar-refractivity contribution is 0.0734. The van der Waals surface area contributed by atoms with Crippen molar-refractivity contribution >= 4 is 22.6 Å². The van der Waals surface area contributed by atoms with Gasteiger partial charge < -0.3 is 18.3 Å². The summed E-state index contributed by atoms with van der Waals surface area (Å²) in [7, 11) is -3.58. The topological polar surface area (TPSA) is 54.0 Å². The van der Waals surface area contributed by atoms with Gasteiger partial charge in [-0.25, -0.2) is 9.18 Å². The van der Waals surface area contributed by atoms with Gasteiger partial charge in [0.1, 0.15) is 11.5 Å². The SMILES string of the molecule is CCCCCCCCCCCCOc1ccc(C(=O)Oc2ccc(-c3ccc(OC(C)C[Si](C)(C)O[Si](C)(C)C)c(F)c3)cc2)cc1C. The van der Waals surface area contributed by atoms with Gasteiger partial charge in [-0.3, -0.25) is 0 Å². The number of ether oxygens (including phenoxy) is 3. The van der Waals surface area contributed by atoms with Gasteiger partial charge in [0.15, 0.2) is 28.2 Å². The zero-order chi connectivity index (χ0) is 35.2. The van der Waals surface area contributed by atoms with Crippen LogP contribution >= 0.6 is 0 Å². The lowest BCUT2D eigenvalue weighted by atomic mass is 10.1. The van der Waals surface area contributed by atoms with Gasteiger partial charge in [0, 0.05) is 6.04 Å². The Kier molecular flexibility index (Phi) is 15.9. The number of rotatable bonds is 21. The average molecular weight is 695 g/mol. The first-order valence-electron chi connectivity index (χ1n) is 18.0. The molecule has 3 rings (SSSR count). The molecule has 5 nitrogen and oxygen atoms in total. The van der Waals surface area contributed by atoms with Gasteiger partial charge in [-0.1, -0.05) is 82.9 Å². The fraction of sp³-hybridized carbons (Fsp3) is 0.525. The Morgan fingerprint density at radius 2 is 1.33 bits per heavy atom. The second-order valence-corrected chi connectivity index (χ2v) is 23.6. The van der Waals surface area contributed by atoms with Crippen molar-refractivity contribution in [1.82, 2.24) is 0 Å². The first-order valence-corrected chi connectivity index (χ1v) is 24.5. The molecule has 3 aromatic rings. The maximum atomic E-state index is 15.1. The van der Waals surface area contributed by atoms with Gasteiger partial charge in [0.05, 0.1) is 18.3 Å². The molecule has 0 bridgehead atoms. The number of carbonyl (C=O) groups excluding carboxylic acids is 1. The number of benzene rings is 3. The molecule has 0 saturated heterocycles. The first kappa shape index (κ1) is 39.5. The second-order valence-electron chi connectivity index (χ2n) is 14.7. The van der Waals surface area contributed by atoms with Crippen molar-refractivity contribution in [3.63, 3.8) is 0 Å². The highest BCUT2D eigenvalue weighted by Crippen LogP contribution is 2.30. The molecule has 8 heteroatoms. The first-order chi connectivity index (χ1) is 22.8. The van der Waals surface area contributed by atoms with Gasteiger partial charge in [0.25, 0.3) is 0 Å². The molecule has 0 spiro atoms. The highest BCUT2D eigenvalue weighted by Gasteiger charge is 2.32. The third-order valence-corrected chi connectivity index (χ3v) is 14.4. The van der Waals surface area contributed by atoms with E-state index in [1.807, 2.05) is 38.1 Å². The smallest absolute Gasteiger partial charge is 0.343 e. The summed E-state index contributed by atoms with van der Waals surface area (Å²) in [5.74, 6) is 0.609. The third kappa shape index (κ3) is 14.3. The quantitative estimate of drug-likeness (QED) is 0.0481. The minimum absolute atomic E-state index is 0.153. The zero-order valence-electron chi connectivity index (χ0n) is 30.8. The van der Waals surface area contributed by atoms with E-state index < -0.39 is 28.4 Å². The Labute approximate surface area is 291 Å². The lowest BCUT2D eigenvalue weighted by Gasteiger charge is -2.33. The van der Waals surface area contributed by atoms with E-state index in [4.69, 9.17) is 18.3 Å². The molecule has 0 aromatic heterocycles. The van der Waals surface area contributed by atoms with Crippen molar-refractivity contribution in [2.24, 2.45) is 0 Å². The second kappa shape index (κ2) is 19.3. The monoisotopic (exact) mass is 694 g/mol. The predicted molar refractivity (Wildman–Crippen MR) is 202 cm³/mol. The Bertz CT molecular complexity index is 1420. The molecule has 264 valence electrons. The highest BCUT2D eigenvalue weighted by molar-refractivity contribution is 6.84. The normalized spacial score (nSPS) is 12.5. The van der Waals surface area contributed by atoms with Gasteiger partial charge in [0.2, 0.25) is 0 Å². The maximum Gasteiger partial charge on any atom is 0.343 e. The molecule has 0 heterocycles. The van der Waals surface area contributed by atoms with E-state index >= 15 is 4.39 Å². The molecule has 0 aliphatic carbocycles. The minimum Gasteiger partial charge on any atom is -0.493 e. The fourth-order valence-corrected chi connectivity index (χ4v) is 14.6. The molecule has 0 N–H and O–H groups in total. The summed E-state index contributed by atoms with van der Waals surface area (Å²) in [6.07, 6.45) is 12.7. The van der Waals surface area contributed by atoms with Crippen molar-refractivity contribution < 1.29 is 27.5 Å². The van der Waals surface area contributed by atoms with E-state index in [-0.39, 0.29) is 11.9 Å². The van der Waals surface area contributed by atoms with Crippen molar-refractivity contribution in [2.75, 3.05) is 6.61 Å². The Morgan fingerprint density at radius 3 is 1.92 bits per heavy atom. The maximum absolute atomic E-state index is 15.1. The molecule has 0 radical (unpaired) electrons. The van der Waals surface area contributed by atoms with Crippen molar-refractivity contribution in [2.45, 2.75) is 130 Å². The molecule has 0 fully saturated rings. The number of hydrogen-bond acceptors (Lipinski definition) is 5. The molecule has 0 amide bonds. The Hall–Kier alpha value is -2.95. The Morgan fingerprint density at radius 1 is 0.750 bits per heavy atom. The molecule has 3 aromatic carbocycles. The summed E-state index contributed by atoms with van der Waals surface area (Å²) < 4.78 is 39.1. The summed E-state index contributed by atoms with van der Waals surface area (Å²) in [6, 6.07) is 18.3. The van der Waals surface area contributed by atoms with E-state index in [2.05, 4.69) is 39.7 Å². The number of unbranched alkanes of at least 4 members (excludes halogenated alkanes) is 9. The summed E-state index contributed by atoms with van der Waals surface area (Å²) >= 11 is 0. The van der Waals surface area contributed by atoms with E-state index in [0.717, 1.165) is 29.3 Å². The molecular weight excluding hydrogens is 636 g/mol. The summed E-state index contributed by atoms with van der Waals surface area (Å²) in [4.78, 5) is 12.9. The van der Waals surface area contributed by atoms with Crippen LogP contribution in [0.5, 0.6) is 17.2 Å². The van der Waals surface area contributed by atoms with Crippen LogP contribution in [0.1, 0.15) is 94.0 Å². The molecule has 0 saturated carbocycles. The summed E-state index contributed by atoms with van der Waals surface area (Å²) in [5.41, 5.74) is 2.89. The molecule has 1 atom stereocenters. The summed E-state index contributed by atoms with van der Waals surface area (Å²) in [5, 5.41) is 0. The third-order valence-electron chi connectivity index (χ3n) is 8.19. The largest absolute Gasteiger partial charge is 0.493 e. The Balaban J connectivity index is 1.45. The fourth-order valence-electron chi connectivity index (χ4n) is 6.19. The number of esters is 1. The van der Waals surface area contributed by atoms with E-state index in [0.29, 0.717) is 23.5 Å². The van der Waals surface area contributed by atoms with Crippen LogP contribution in [0.25, 0.3) is 11.1 Å². The van der Waals surface area contributed by atoms with Crippen LogP contribution in [0.4, 0.5) is 4.39 Å². The molecule has 1 unspecified atom stereocenters. The van der Waals surface area contributed by atoms with Crippen molar-refractivity contribution in [3.8, 4) is 28.4 Å². The van der Waals surface area contributed by atoms with Gasteiger partial charge in [-0.05, 0) is 112 Å². The van der Waals surface area contributed by atoms with Crippen LogP contribution in [0.3, 0.4) is 0 Å². The highest BCUT2D eigenvalue weighted by atomic mass is 28.4. The molecule has 48 heavy (non-hydrogen) atoms. The van der Waals surface area contributed by atoms with Crippen LogP contribution in [-0.2, 0) is 4.12 Å². The van der Waals surface area contributed by atoms with Gasteiger partial charge >= 0.3 is 5.97 Å². The van der Waals surface area contributed by atoms with Gasteiger partial charge in [-0.15, -0.1) is 0 Å². The number of halogens is 1. The van der Waals surface area contributed by atoms with Crippen LogP contribution in [0.15, 0.2) is 60.7 Å². The standard InChI is InChI=1S/C40H59FO5Si2/c1-9-10-11-12-13-14-15-16-17-18-27-43-38-25-22-35(28-31(38)2)40(42)45-36-23-19-33(20-24-36)34-21-26-39(37(41)29-34)44-32(3)30-48(7,8)46-47(4,5)6/h19-26,28-29,32H,9-18,27,30H2,1-8H3. The zero-order valence-corrected chi connectivity index (χ0v) is 32.8. The van der Waals surface area contributed by atoms with Crippen molar-refractivity contribution in [3.05, 3.63) is 77.6 Å². The number of hydrogen-bond donors (Lipinski definition) is 0. The summed E-state index contributed by atoms with van der Waals surface area (Å²) in [6.45, 7) is 17.8. The van der Waals surface area contributed by atoms with E-state index in [1.54, 1.807) is 30.3 Å². The minimum atomic E-state index is -1.92. The van der Waals surface area contributed by atoms with Crippen LogP contribution < -0.4 is 14.2 Å². The van der Waals surface area contributed by atoms with E-state index in [9.17, 15) is 4.79 Å².